The Kier molecular flexibility index (Phi) is 3.66. The van der Waals surface area contributed by atoms with Crippen LogP contribution in [0.25, 0.3) is 0 Å². The first-order valence-corrected chi connectivity index (χ1v) is 7.26. The van der Waals surface area contributed by atoms with Gasteiger partial charge in [-0.2, -0.15) is 9.40 Å². The van der Waals surface area contributed by atoms with Crippen LogP contribution in [0.3, 0.4) is 0 Å². The molecule has 2 heterocycles. The Balaban J connectivity index is 2.50. The van der Waals surface area contributed by atoms with Crippen LogP contribution in [-0.4, -0.2) is 46.2 Å². The van der Waals surface area contributed by atoms with E-state index in [9.17, 15) is 13.2 Å². The molecule has 0 fully saturated rings. The normalized spacial score (nSPS) is 20.6. The van der Waals surface area contributed by atoms with E-state index >= 15 is 0 Å². The van der Waals surface area contributed by atoms with E-state index in [-0.39, 0.29) is 16.6 Å². The quantitative estimate of drug-likeness (QED) is 0.820. The van der Waals surface area contributed by atoms with Gasteiger partial charge in [0, 0.05) is 13.6 Å². The predicted molar refractivity (Wildman–Crippen MR) is 67.3 cm³/mol. The van der Waals surface area contributed by atoms with Crippen molar-refractivity contribution in [1.82, 2.24) is 14.1 Å². The third kappa shape index (κ3) is 2.38. The molecular weight excluding hydrogens is 294 g/mol. The summed E-state index contributed by atoms with van der Waals surface area (Å²) in [6.07, 6.45) is 4.67. The van der Waals surface area contributed by atoms with Crippen molar-refractivity contribution in [1.29, 1.82) is 0 Å². The van der Waals surface area contributed by atoms with E-state index in [0.29, 0.717) is 6.42 Å². The Morgan fingerprint density at radius 2 is 2.26 bits per heavy atom. The maximum absolute atomic E-state index is 12.5. The van der Waals surface area contributed by atoms with Crippen molar-refractivity contribution in [3.63, 3.8) is 0 Å². The lowest BCUT2D eigenvalue weighted by Crippen LogP contribution is -2.46. The number of carboxylic acid groups (broad SMARTS) is 1. The van der Waals surface area contributed by atoms with Crippen LogP contribution in [0.5, 0.6) is 0 Å². The van der Waals surface area contributed by atoms with Crippen LogP contribution in [0.15, 0.2) is 23.4 Å². The molecule has 0 saturated heterocycles. The van der Waals surface area contributed by atoms with Crippen LogP contribution in [0.4, 0.5) is 0 Å². The predicted octanol–water partition coefficient (Wildman–Crippen LogP) is 0.477. The van der Waals surface area contributed by atoms with E-state index in [4.69, 9.17) is 16.7 Å². The lowest BCUT2D eigenvalue weighted by Gasteiger charge is -2.28. The summed E-state index contributed by atoms with van der Waals surface area (Å²) in [7, 11) is -2.57. The molecule has 1 aliphatic rings. The number of carbonyl (C=O) groups is 1. The number of carboxylic acids is 1. The monoisotopic (exact) mass is 305 g/mol. The van der Waals surface area contributed by atoms with Gasteiger partial charge in [-0.05, 0) is 6.42 Å². The number of halogens is 1. The van der Waals surface area contributed by atoms with E-state index in [1.165, 1.54) is 19.3 Å². The van der Waals surface area contributed by atoms with Gasteiger partial charge in [-0.3, -0.25) is 9.48 Å². The molecule has 104 valence electrons. The van der Waals surface area contributed by atoms with Gasteiger partial charge >= 0.3 is 5.97 Å². The second-order valence-corrected chi connectivity index (χ2v) is 6.25. The minimum atomic E-state index is -4.00. The first kappa shape index (κ1) is 14.0. The Morgan fingerprint density at radius 1 is 1.58 bits per heavy atom. The van der Waals surface area contributed by atoms with E-state index in [2.05, 4.69) is 5.10 Å². The lowest BCUT2D eigenvalue weighted by atomic mass is 10.2. The summed E-state index contributed by atoms with van der Waals surface area (Å²) in [4.78, 5) is 11.1. The maximum Gasteiger partial charge on any atom is 0.325 e. The summed E-state index contributed by atoms with van der Waals surface area (Å²) in [5, 5.41) is 12.6. The van der Waals surface area contributed by atoms with Crippen LogP contribution >= 0.6 is 11.6 Å². The zero-order valence-corrected chi connectivity index (χ0v) is 11.6. The van der Waals surface area contributed by atoms with Crippen molar-refractivity contribution in [2.75, 3.05) is 6.54 Å². The molecule has 9 heteroatoms. The Morgan fingerprint density at radius 3 is 2.79 bits per heavy atom. The van der Waals surface area contributed by atoms with Gasteiger partial charge in [-0.1, -0.05) is 23.8 Å². The number of aryl methyl sites for hydroxylation is 1. The average molecular weight is 306 g/mol. The Labute approximate surface area is 115 Å². The fraction of sp³-hybridized carbons (Fsp3) is 0.400. The highest BCUT2D eigenvalue weighted by molar-refractivity contribution is 7.89. The molecule has 1 unspecified atom stereocenters. The number of hydrogen-bond acceptors (Lipinski definition) is 4. The summed E-state index contributed by atoms with van der Waals surface area (Å²) < 4.78 is 27.0. The molecule has 0 aromatic carbocycles. The van der Waals surface area contributed by atoms with E-state index in [1.807, 2.05) is 0 Å². The minimum Gasteiger partial charge on any atom is -0.480 e. The van der Waals surface area contributed by atoms with E-state index in [1.54, 1.807) is 6.08 Å². The van der Waals surface area contributed by atoms with Crippen molar-refractivity contribution < 1.29 is 18.3 Å². The highest BCUT2D eigenvalue weighted by atomic mass is 35.5. The van der Waals surface area contributed by atoms with Crippen LogP contribution in [0, 0.1) is 0 Å². The summed E-state index contributed by atoms with van der Waals surface area (Å²) >= 11 is 5.82. The van der Waals surface area contributed by atoms with Crippen LogP contribution in [0.2, 0.25) is 5.02 Å². The van der Waals surface area contributed by atoms with E-state index in [0.717, 1.165) is 8.99 Å². The Bertz CT molecular complexity index is 618. The summed E-state index contributed by atoms with van der Waals surface area (Å²) in [6, 6.07) is -1.22. The standard InChI is InChI=1S/C10H12ClN3O4S/c1-13-9(7(11)6-12-13)19(17,18)14-5-3-2-4-8(14)10(15)16/h2,4,6,8H,3,5H2,1H3,(H,15,16). The number of rotatable bonds is 3. The third-order valence-corrected chi connectivity index (χ3v) is 5.18. The van der Waals surface area contributed by atoms with E-state index < -0.39 is 22.0 Å². The number of aliphatic carboxylic acids is 1. The number of aromatic nitrogens is 2. The fourth-order valence-electron chi connectivity index (χ4n) is 1.94. The zero-order chi connectivity index (χ0) is 14.2. The molecule has 7 nitrogen and oxygen atoms in total. The highest BCUT2D eigenvalue weighted by Crippen LogP contribution is 2.27. The number of nitrogens with zero attached hydrogens (tertiary/aromatic N) is 3. The SMILES string of the molecule is Cn1ncc(Cl)c1S(=O)(=O)N1CCC=CC1C(=O)O. The van der Waals surface area contributed by atoms with Crippen LogP contribution in [0.1, 0.15) is 6.42 Å². The average Bonchev–Trinajstić information content (AvgIpc) is 2.69. The van der Waals surface area contributed by atoms with Crippen molar-refractivity contribution >= 4 is 27.6 Å². The Hall–Kier alpha value is -1.38. The summed E-state index contributed by atoms with van der Waals surface area (Å²) in [5.74, 6) is -1.22. The van der Waals surface area contributed by atoms with Crippen molar-refractivity contribution in [3.8, 4) is 0 Å². The van der Waals surface area contributed by atoms with Crippen molar-refractivity contribution in [2.24, 2.45) is 7.05 Å². The molecule has 0 saturated carbocycles. The second kappa shape index (κ2) is 4.95. The van der Waals surface area contributed by atoms with Crippen molar-refractivity contribution in [3.05, 3.63) is 23.4 Å². The van der Waals surface area contributed by atoms with Gasteiger partial charge < -0.3 is 5.11 Å². The molecule has 19 heavy (non-hydrogen) atoms. The van der Waals surface area contributed by atoms with Gasteiger partial charge in [-0.25, -0.2) is 8.42 Å². The third-order valence-electron chi connectivity index (χ3n) is 2.79. The van der Waals surface area contributed by atoms with Gasteiger partial charge in [0.2, 0.25) is 0 Å². The topological polar surface area (TPSA) is 92.5 Å². The molecule has 0 bridgehead atoms. The van der Waals surface area contributed by atoms with Gasteiger partial charge in [-0.15, -0.1) is 0 Å². The molecule has 1 N–H and O–H groups in total. The molecule has 0 radical (unpaired) electrons. The minimum absolute atomic E-state index is 0.0267. The fourth-order valence-corrected chi connectivity index (χ4v) is 4.10. The number of hydrogen-bond donors (Lipinski definition) is 1. The first-order valence-electron chi connectivity index (χ1n) is 5.44. The molecule has 2 rings (SSSR count). The van der Waals surface area contributed by atoms with Gasteiger partial charge in [0.25, 0.3) is 10.0 Å². The molecule has 0 spiro atoms. The molecule has 1 aromatic rings. The second-order valence-electron chi connectivity index (χ2n) is 4.04. The molecule has 1 aromatic heterocycles. The largest absolute Gasteiger partial charge is 0.480 e. The van der Waals surface area contributed by atoms with Crippen molar-refractivity contribution in [2.45, 2.75) is 17.5 Å². The summed E-state index contributed by atoms with van der Waals surface area (Å²) in [5.41, 5.74) is 0. The smallest absolute Gasteiger partial charge is 0.325 e. The van der Waals surface area contributed by atoms with Gasteiger partial charge in [0.05, 0.1) is 11.2 Å². The zero-order valence-electron chi connectivity index (χ0n) is 10.0. The molecule has 1 aliphatic heterocycles. The number of sulfonamides is 1. The lowest BCUT2D eigenvalue weighted by molar-refractivity contribution is -0.140. The van der Waals surface area contributed by atoms with Crippen LogP contribution in [-0.2, 0) is 21.9 Å². The molecular formula is C10H12ClN3O4S. The summed E-state index contributed by atoms with van der Waals surface area (Å²) in [6.45, 7) is 0.0946. The van der Waals surface area contributed by atoms with Gasteiger partial charge in [0.15, 0.2) is 5.03 Å². The highest BCUT2D eigenvalue weighted by Gasteiger charge is 2.38. The molecule has 0 aliphatic carbocycles. The maximum atomic E-state index is 12.5. The molecule has 1 atom stereocenters. The molecule has 0 amide bonds. The first-order chi connectivity index (χ1) is 8.85. The van der Waals surface area contributed by atoms with Crippen LogP contribution < -0.4 is 0 Å². The van der Waals surface area contributed by atoms with Gasteiger partial charge in [0.1, 0.15) is 6.04 Å².